The van der Waals surface area contributed by atoms with Gasteiger partial charge in [0.15, 0.2) is 12.5 Å². The van der Waals surface area contributed by atoms with E-state index in [1.54, 1.807) is 13.0 Å². The van der Waals surface area contributed by atoms with Gasteiger partial charge in [-0.25, -0.2) is 0 Å². The van der Waals surface area contributed by atoms with Crippen molar-refractivity contribution < 1.29 is 29.5 Å². The third kappa shape index (κ3) is 3.08. The summed E-state index contributed by atoms with van der Waals surface area (Å²) >= 11 is 0. The average Bonchev–Trinajstić information content (AvgIpc) is 2.65. The van der Waals surface area contributed by atoms with Gasteiger partial charge in [-0.05, 0) is 23.8 Å². The zero-order valence-corrected chi connectivity index (χ0v) is 14.2. The SMILES string of the molecule is CC1OC[C@H]2O[C@@H](/N=C/c3c(O)ccc4ccccc34)[C@H](O)[C@@H](O)[C@@H]2O1. The second kappa shape index (κ2) is 6.94. The highest BCUT2D eigenvalue weighted by Crippen LogP contribution is 2.30. The third-order valence-electron chi connectivity index (χ3n) is 4.80. The van der Waals surface area contributed by atoms with Crippen molar-refractivity contribution in [1.82, 2.24) is 0 Å². The minimum absolute atomic E-state index is 0.0781. The molecule has 2 saturated heterocycles. The van der Waals surface area contributed by atoms with E-state index in [0.29, 0.717) is 5.56 Å². The fourth-order valence-corrected chi connectivity index (χ4v) is 3.40. The highest BCUT2D eigenvalue weighted by Gasteiger charge is 2.47. The largest absolute Gasteiger partial charge is 0.507 e. The second-order valence-corrected chi connectivity index (χ2v) is 6.55. The first-order chi connectivity index (χ1) is 12.5. The van der Waals surface area contributed by atoms with Gasteiger partial charge in [-0.3, -0.25) is 4.99 Å². The minimum atomic E-state index is -1.24. The Morgan fingerprint density at radius 1 is 1.08 bits per heavy atom. The van der Waals surface area contributed by atoms with E-state index in [4.69, 9.17) is 14.2 Å². The first-order valence-electron chi connectivity index (χ1n) is 8.57. The van der Waals surface area contributed by atoms with Gasteiger partial charge >= 0.3 is 0 Å². The Morgan fingerprint density at radius 3 is 2.73 bits per heavy atom. The van der Waals surface area contributed by atoms with E-state index >= 15 is 0 Å². The van der Waals surface area contributed by atoms with Gasteiger partial charge in [0.25, 0.3) is 0 Å². The Kier molecular flexibility index (Phi) is 4.64. The lowest BCUT2D eigenvalue weighted by atomic mass is 9.97. The third-order valence-corrected chi connectivity index (χ3v) is 4.80. The summed E-state index contributed by atoms with van der Waals surface area (Å²) in [6, 6.07) is 11.0. The highest BCUT2D eigenvalue weighted by molar-refractivity contribution is 6.02. The fourth-order valence-electron chi connectivity index (χ4n) is 3.40. The lowest BCUT2D eigenvalue weighted by molar-refractivity contribution is -0.319. The fraction of sp³-hybridized carbons (Fsp3) is 0.421. The van der Waals surface area contributed by atoms with Crippen LogP contribution in [0, 0.1) is 0 Å². The van der Waals surface area contributed by atoms with E-state index < -0.39 is 36.9 Å². The second-order valence-electron chi connectivity index (χ2n) is 6.55. The number of hydrogen-bond acceptors (Lipinski definition) is 7. The molecular weight excluding hydrogens is 338 g/mol. The number of hydrogen-bond donors (Lipinski definition) is 3. The maximum absolute atomic E-state index is 10.4. The van der Waals surface area contributed by atoms with E-state index in [-0.39, 0.29) is 12.4 Å². The van der Waals surface area contributed by atoms with Crippen LogP contribution in [-0.4, -0.2) is 65.1 Å². The van der Waals surface area contributed by atoms with Gasteiger partial charge < -0.3 is 29.5 Å². The van der Waals surface area contributed by atoms with Crippen LogP contribution in [0.5, 0.6) is 5.75 Å². The number of benzene rings is 2. The number of aliphatic hydroxyl groups is 2. The number of nitrogens with zero attached hydrogens (tertiary/aromatic N) is 1. The molecule has 0 bridgehead atoms. The van der Waals surface area contributed by atoms with Crippen molar-refractivity contribution in [3.05, 3.63) is 42.0 Å². The van der Waals surface area contributed by atoms with Crippen molar-refractivity contribution in [1.29, 1.82) is 0 Å². The number of phenols is 1. The van der Waals surface area contributed by atoms with Gasteiger partial charge in [0, 0.05) is 11.8 Å². The number of phenolic OH excluding ortho intramolecular Hbond substituents is 1. The molecule has 6 atom stereocenters. The Bertz CT molecular complexity index is 823. The van der Waals surface area contributed by atoms with E-state index in [9.17, 15) is 15.3 Å². The topological polar surface area (TPSA) is 101 Å². The molecule has 3 N–H and O–H groups in total. The molecular formula is C19H21NO6. The number of rotatable bonds is 2. The molecule has 138 valence electrons. The molecule has 0 aliphatic carbocycles. The van der Waals surface area contributed by atoms with Crippen molar-refractivity contribution in [3.8, 4) is 5.75 Å². The summed E-state index contributed by atoms with van der Waals surface area (Å²) in [6.07, 6.45) is -3.54. The zero-order chi connectivity index (χ0) is 18.3. The molecule has 2 aliphatic rings. The minimum Gasteiger partial charge on any atom is -0.507 e. The maximum Gasteiger partial charge on any atom is 0.177 e. The van der Waals surface area contributed by atoms with Crippen LogP contribution in [0.1, 0.15) is 12.5 Å². The molecule has 2 fully saturated rings. The summed E-state index contributed by atoms with van der Waals surface area (Å²) in [7, 11) is 0. The first-order valence-corrected chi connectivity index (χ1v) is 8.57. The Morgan fingerprint density at radius 2 is 1.88 bits per heavy atom. The Hall–Kier alpha value is -2.03. The normalized spacial score (nSPS) is 34.9. The molecule has 26 heavy (non-hydrogen) atoms. The molecule has 0 saturated carbocycles. The quantitative estimate of drug-likeness (QED) is 0.696. The zero-order valence-electron chi connectivity index (χ0n) is 14.2. The van der Waals surface area contributed by atoms with Crippen LogP contribution in [0.15, 0.2) is 41.4 Å². The molecule has 1 unspecified atom stereocenters. The molecule has 2 aliphatic heterocycles. The number of aromatic hydroxyl groups is 1. The molecule has 7 nitrogen and oxygen atoms in total. The van der Waals surface area contributed by atoms with Crippen molar-refractivity contribution in [2.75, 3.05) is 6.61 Å². The average molecular weight is 359 g/mol. The van der Waals surface area contributed by atoms with Crippen molar-refractivity contribution in [2.45, 2.75) is 43.9 Å². The smallest absolute Gasteiger partial charge is 0.177 e. The summed E-state index contributed by atoms with van der Waals surface area (Å²) in [5, 5.41) is 32.7. The van der Waals surface area contributed by atoms with E-state index in [0.717, 1.165) is 10.8 Å². The van der Waals surface area contributed by atoms with Crippen molar-refractivity contribution in [2.24, 2.45) is 4.99 Å². The predicted molar refractivity (Wildman–Crippen MR) is 94.2 cm³/mol. The van der Waals surface area contributed by atoms with Crippen LogP contribution in [0.4, 0.5) is 0 Å². The molecule has 0 spiro atoms. The highest BCUT2D eigenvalue weighted by atomic mass is 16.7. The van der Waals surface area contributed by atoms with Gasteiger partial charge in [-0.15, -0.1) is 0 Å². The predicted octanol–water partition coefficient (Wildman–Crippen LogP) is 1.17. The summed E-state index contributed by atoms with van der Waals surface area (Å²) < 4.78 is 16.7. The molecule has 4 rings (SSSR count). The molecule has 0 radical (unpaired) electrons. The molecule has 0 aromatic heterocycles. The standard InChI is InChI=1S/C19H21NO6/c1-10-24-9-15-18(25-10)16(22)17(23)19(26-15)20-8-13-12-5-3-2-4-11(12)6-7-14(13)21/h2-8,10,15-19,21-23H,9H2,1H3/b20-8+/t10?,15-,16-,17-,18-,19-/m1/s1. The molecule has 0 amide bonds. The number of aliphatic imine (C=N–C) groups is 1. The lowest BCUT2D eigenvalue weighted by Gasteiger charge is -2.44. The molecule has 2 aromatic carbocycles. The van der Waals surface area contributed by atoms with Gasteiger partial charge in [-0.1, -0.05) is 30.3 Å². The van der Waals surface area contributed by atoms with Crippen LogP contribution in [-0.2, 0) is 14.2 Å². The Labute approximate surface area is 150 Å². The number of fused-ring (bicyclic) bond motifs is 2. The molecule has 7 heteroatoms. The van der Waals surface area contributed by atoms with Crippen LogP contribution >= 0.6 is 0 Å². The van der Waals surface area contributed by atoms with Crippen molar-refractivity contribution >= 4 is 17.0 Å². The van der Waals surface area contributed by atoms with E-state index in [1.807, 2.05) is 30.3 Å². The van der Waals surface area contributed by atoms with E-state index in [1.165, 1.54) is 6.21 Å². The monoisotopic (exact) mass is 359 g/mol. The van der Waals surface area contributed by atoms with Gasteiger partial charge in [0.05, 0.1) is 6.61 Å². The van der Waals surface area contributed by atoms with Gasteiger partial charge in [0.2, 0.25) is 0 Å². The summed E-state index contributed by atoms with van der Waals surface area (Å²) in [4.78, 5) is 4.28. The number of aliphatic hydroxyl groups excluding tert-OH is 2. The number of ether oxygens (including phenoxy) is 3. The van der Waals surface area contributed by atoms with Crippen LogP contribution in [0.2, 0.25) is 0 Å². The molecule has 2 aromatic rings. The Balaban J connectivity index is 1.60. The summed E-state index contributed by atoms with van der Waals surface area (Å²) in [6.45, 7) is 1.98. The maximum atomic E-state index is 10.4. The molecule has 2 heterocycles. The van der Waals surface area contributed by atoms with Crippen LogP contribution < -0.4 is 0 Å². The summed E-state index contributed by atoms with van der Waals surface area (Å²) in [5.41, 5.74) is 0.528. The van der Waals surface area contributed by atoms with Gasteiger partial charge in [-0.2, -0.15) is 0 Å². The van der Waals surface area contributed by atoms with Crippen molar-refractivity contribution in [3.63, 3.8) is 0 Å². The van der Waals surface area contributed by atoms with Crippen LogP contribution in [0.3, 0.4) is 0 Å². The van der Waals surface area contributed by atoms with Crippen LogP contribution in [0.25, 0.3) is 10.8 Å². The lowest BCUT2D eigenvalue weighted by Crippen LogP contribution is -2.62. The first kappa shape index (κ1) is 17.4. The van der Waals surface area contributed by atoms with E-state index in [2.05, 4.69) is 4.99 Å². The van der Waals surface area contributed by atoms with Gasteiger partial charge in [0.1, 0.15) is 30.2 Å². The summed E-state index contributed by atoms with van der Waals surface area (Å²) in [5.74, 6) is 0.0781.